The van der Waals surface area contributed by atoms with Crippen LogP contribution in [0.4, 0.5) is 0 Å². The molecule has 2 rings (SSSR count). The lowest BCUT2D eigenvalue weighted by molar-refractivity contribution is 0.101. The first-order chi connectivity index (χ1) is 9.27. The van der Waals surface area contributed by atoms with Crippen LogP contribution in [0.1, 0.15) is 33.1 Å². The molecule has 3 unspecified atom stereocenters. The minimum atomic E-state index is -3.76. The molecule has 3 atom stereocenters. The lowest BCUT2D eigenvalue weighted by Gasteiger charge is -2.32. The molecule has 0 bridgehead atoms. The van der Waals surface area contributed by atoms with Crippen molar-refractivity contribution in [2.75, 3.05) is 0 Å². The van der Waals surface area contributed by atoms with Crippen molar-refractivity contribution in [1.29, 1.82) is 0 Å². The van der Waals surface area contributed by atoms with E-state index in [4.69, 9.17) is 27.0 Å². The molecule has 0 heterocycles. The molecule has 0 aliphatic heterocycles. The van der Waals surface area contributed by atoms with Gasteiger partial charge in [-0.15, -0.1) is 0 Å². The molecule has 1 fully saturated rings. The van der Waals surface area contributed by atoms with Gasteiger partial charge in [-0.3, -0.25) is 0 Å². The Hall–Kier alpha value is -0.450. The third-order valence-electron chi connectivity index (χ3n) is 4.03. The fraction of sp³-hybridized carbons (Fsp3) is 0.571. The van der Waals surface area contributed by atoms with Crippen LogP contribution in [0.3, 0.4) is 0 Å². The molecular weight excluding hydrogens is 319 g/mol. The van der Waals surface area contributed by atoms with E-state index in [9.17, 15) is 8.42 Å². The van der Waals surface area contributed by atoms with E-state index in [0.717, 1.165) is 19.3 Å². The van der Waals surface area contributed by atoms with E-state index in [1.165, 1.54) is 12.1 Å². The zero-order chi connectivity index (χ0) is 14.9. The SMILES string of the molecule is CC1CCC(Oc2ccc(S(=O)(=O)Cl)cc2Cl)CC1C. The van der Waals surface area contributed by atoms with Crippen LogP contribution in [0.25, 0.3) is 0 Å². The molecule has 0 N–H and O–H groups in total. The van der Waals surface area contributed by atoms with E-state index in [1.807, 2.05) is 0 Å². The average molecular weight is 337 g/mol. The third kappa shape index (κ3) is 3.80. The molecule has 1 aliphatic carbocycles. The summed E-state index contributed by atoms with van der Waals surface area (Å²) in [6.07, 6.45) is 3.26. The van der Waals surface area contributed by atoms with Gasteiger partial charge >= 0.3 is 0 Å². The van der Waals surface area contributed by atoms with Crippen LogP contribution in [0.15, 0.2) is 23.1 Å². The highest BCUT2D eigenvalue weighted by molar-refractivity contribution is 8.13. The van der Waals surface area contributed by atoms with Crippen LogP contribution >= 0.6 is 22.3 Å². The Morgan fingerprint density at radius 3 is 2.45 bits per heavy atom. The second kappa shape index (κ2) is 6.12. The van der Waals surface area contributed by atoms with Crippen molar-refractivity contribution in [2.45, 2.75) is 44.1 Å². The number of rotatable bonds is 3. The standard InChI is InChI=1S/C14H18Cl2O3S/c1-9-3-4-11(7-10(9)2)19-14-6-5-12(8-13(14)15)20(16,17)18/h5-6,8-11H,3-4,7H2,1-2H3. The van der Waals surface area contributed by atoms with Crippen LogP contribution in [0.5, 0.6) is 5.75 Å². The maximum absolute atomic E-state index is 11.2. The smallest absolute Gasteiger partial charge is 0.261 e. The van der Waals surface area contributed by atoms with Gasteiger partial charge in [0.05, 0.1) is 16.0 Å². The summed E-state index contributed by atoms with van der Waals surface area (Å²) in [5.74, 6) is 1.85. The van der Waals surface area contributed by atoms with Crippen LogP contribution in [-0.4, -0.2) is 14.5 Å². The van der Waals surface area contributed by atoms with Gasteiger partial charge in [-0.05, 0) is 49.3 Å². The number of benzene rings is 1. The number of hydrogen-bond donors (Lipinski definition) is 0. The molecule has 0 aromatic heterocycles. The van der Waals surface area contributed by atoms with Crippen molar-refractivity contribution in [3.63, 3.8) is 0 Å². The molecular formula is C14H18Cl2O3S. The van der Waals surface area contributed by atoms with Crippen molar-refractivity contribution in [3.05, 3.63) is 23.2 Å². The summed E-state index contributed by atoms with van der Waals surface area (Å²) in [7, 11) is 1.52. The van der Waals surface area contributed by atoms with E-state index >= 15 is 0 Å². The number of ether oxygens (including phenoxy) is 1. The lowest BCUT2D eigenvalue weighted by atomic mass is 9.80. The summed E-state index contributed by atoms with van der Waals surface area (Å²) in [6.45, 7) is 4.49. The van der Waals surface area contributed by atoms with Crippen LogP contribution in [0.2, 0.25) is 5.02 Å². The molecule has 1 aliphatic rings. The third-order valence-corrected chi connectivity index (χ3v) is 5.68. The predicted octanol–water partition coefficient (Wildman–Crippen LogP) is 4.47. The van der Waals surface area contributed by atoms with Crippen molar-refractivity contribution in [2.24, 2.45) is 11.8 Å². The zero-order valence-corrected chi connectivity index (χ0v) is 13.8. The molecule has 3 nitrogen and oxygen atoms in total. The quantitative estimate of drug-likeness (QED) is 0.764. The summed E-state index contributed by atoms with van der Waals surface area (Å²) < 4.78 is 28.4. The fourth-order valence-electron chi connectivity index (χ4n) is 2.51. The summed E-state index contributed by atoms with van der Waals surface area (Å²) in [5.41, 5.74) is 0. The van der Waals surface area contributed by atoms with E-state index in [1.54, 1.807) is 6.07 Å². The van der Waals surface area contributed by atoms with Gasteiger partial charge in [-0.25, -0.2) is 8.42 Å². The van der Waals surface area contributed by atoms with Crippen molar-refractivity contribution < 1.29 is 13.2 Å². The largest absolute Gasteiger partial charge is 0.489 e. The second-order valence-corrected chi connectivity index (χ2v) is 8.51. The van der Waals surface area contributed by atoms with Gasteiger partial charge in [0.25, 0.3) is 9.05 Å². The topological polar surface area (TPSA) is 43.4 Å². The molecule has 20 heavy (non-hydrogen) atoms. The maximum Gasteiger partial charge on any atom is 0.261 e. The Morgan fingerprint density at radius 2 is 1.90 bits per heavy atom. The molecule has 1 aromatic rings. The number of hydrogen-bond acceptors (Lipinski definition) is 3. The van der Waals surface area contributed by atoms with Gasteiger partial charge in [0.15, 0.2) is 0 Å². The fourth-order valence-corrected chi connectivity index (χ4v) is 3.58. The Morgan fingerprint density at radius 1 is 1.20 bits per heavy atom. The van der Waals surface area contributed by atoms with E-state index in [-0.39, 0.29) is 16.0 Å². The minimum Gasteiger partial charge on any atom is -0.489 e. The summed E-state index contributed by atoms with van der Waals surface area (Å²) in [6, 6.07) is 4.31. The molecule has 6 heteroatoms. The summed E-state index contributed by atoms with van der Waals surface area (Å²) >= 11 is 6.07. The zero-order valence-electron chi connectivity index (χ0n) is 11.5. The highest BCUT2D eigenvalue weighted by atomic mass is 35.7. The molecule has 0 spiro atoms. The van der Waals surface area contributed by atoms with Crippen LogP contribution in [0, 0.1) is 11.8 Å². The van der Waals surface area contributed by atoms with E-state index in [2.05, 4.69) is 13.8 Å². The van der Waals surface area contributed by atoms with Gasteiger partial charge in [0.1, 0.15) is 5.75 Å². The van der Waals surface area contributed by atoms with Gasteiger partial charge in [-0.2, -0.15) is 0 Å². The van der Waals surface area contributed by atoms with E-state index in [0.29, 0.717) is 17.6 Å². The second-order valence-electron chi connectivity index (χ2n) is 5.54. The lowest BCUT2D eigenvalue weighted by Crippen LogP contribution is -2.28. The highest BCUT2D eigenvalue weighted by Gasteiger charge is 2.26. The van der Waals surface area contributed by atoms with Gasteiger partial charge in [-0.1, -0.05) is 25.4 Å². The monoisotopic (exact) mass is 336 g/mol. The van der Waals surface area contributed by atoms with Crippen LogP contribution < -0.4 is 4.74 Å². The highest BCUT2D eigenvalue weighted by Crippen LogP contribution is 2.35. The molecule has 1 saturated carbocycles. The molecule has 0 amide bonds. The first-order valence-electron chi connectivity index (χ1n) is 6.68. The average Bonchev–Trinajstić information content (AvgIpc) is 2.35. The Kier molecular flexibility index (Phi) is 4.88. The first-order valence-corrected chi connectivity index (χ1v) is 9.37. The van der Waals surface area contributed by atoms with Gasteiger partial charge < -0.3 is 4.74 Å². The Balaban J connectivity index is 2.11. The van der Waals surface area contributed by atoms with Crippen molar-refractivity contribution in [3.8, 4) is 5.75 Å². The summed E-state index contributed by atoms with van der Waals surface area (Å²) in [5, 5.41) is 0.276. The van der Waals surface area contributed by atoms with Gasteiger partial charge in [0.2, 0.25) is 0 Å². The first kappa shape index (κ1) is 15.9. The summed E-state index contributed by atoms with van der Waals surface area (Å²) in [4.78, 5) is -0.0119. The molecule has 0 radical (unpaired) electrons. The maximum atomic E-state index is 11.2. The van der Waals surface area contributed by atoms with Crippen molar-refractivity contribution >= 4 is 31.3 Å². The molecule has 112 valence electrons. The van der Waals surface area contributed by atoms with Gasteiger partial charge in [0, 0.05) is 10.7 Å². The molecule has 1 aromatic carbocycles. The molecule has 0 saturated heterocycles. The normalized spacial score (nSPS) is 27.3. The Bertz CT molecular complexity index is 586. The Labute approximate surface area is 129 Å². The minimum absolute atomic E-state index is 0.0119. The number of halogens is 2. The van der Waals surface area contributed by atoms with E-state index < -0.39 is 9.05 Å². The predicted molar refractivity (Wildman–Crippen MR) is 81.1 cm³/mol. The van der Waals surface area contributed by atoms with Crippen molar-refractivity contribution in [1.82, 2.24) is 0 Å². The van der Waals surface area contributed by atoms with Crippen LogP contribution in [-0.2, 0) is 9.05 Å².